The maximum atomic E-state index is 6.45. The summed E-state index contributed by atoms with van der Waals surface area (Å²) >= 11 is 6.40. The zero-order valence-corrected chi connectivity index (χ0v) is 17.3. The van der Waals surface area contributed by atoms with E-state index >= 15 is 0 Å². The van der Waals surface area contributed by atoms with Crippen LogP contribution < -0.4 is 10.1 Å². The lowest BCUT2D eigenvalue weighted by molar-refractivity contribution is 0.167. The van der Waals surface area contributed by atoms with Crippen molar-refractivity contribution in [3.05, 3.63) is 40.8 Å². The van der Waals surface area contributed by atoms with Crippen molar-refractivity contribution in [3.63, 3.8) is 0 Å². The fourth-order valence-corrected chi connectivity index (χ4v) is 3.91. The van der Waals surface area contributed by atoms with Crippen molar-refractivity contribution in [1.82, 2.24) is 19.9 Å². The fourth-order valence-electron chi connectivity index (χ4n) is 3.64. The molecule has 0 saturated carbocycles. The van der Waals surface area contributed by atoms with E-state index in [1.807, 2.05) is 39.1 Å². The molecule has 4 rings (SSSR count). The van der Waals surface area contributed by atoms with Gasteiger partial charge in [0, 0.05) is 35.9 Å². The standard InChI is InChI=1S/C20H23ClN4O.ClH/c1-12-9-14(21)10-17(19(12)26-15-5-4-7-22-11-15)16-6-8-23-20-18(16)25(3)13(2)24-20;/h6,8-10,15,22H,4-5,7,11H2,1-3H3;1H. The van der Waals surface area contributed by atoms with Gasteiger partial charge < -0.3 is 14.6 Å². The number of aromatic nitrogens is 3. The fraction of sp³-hybridized carbons (Fsp3) is 0.400. The molecule has 1 atom stereocenters. The second-order valence-corrected chi connectivity index (χ2v) is 7.37. The molecule has 3 heterocycles. The summed E-state index contributed by atoms with van der Waals surface area (Å²) in [4.78, 5) is 8.98. The second-order valence-electron chi connectivity index (χ2n) is 6.93. The molecule has 1 fully saturated rings. The van der Waals surface area contributed by atoms with Crippen LogP contribution in [-0.2, 0) is 7.05 Å². The lowest BCUT2D eigenvalue weighted by atomic mass is 10.0. The van der Waals surface area contributed by atoms with Gasteiger partial charge in [-0.05, 0) is 57.0 Å². The van der Waals surface area contributed by atoms with E-state index in [9.17, 15) is 0 Å². The first-order valence-electron chi connectivity index (χ1n) is 9.00. The zero-order valence-electron chi connectivity index (χ0n) is 15.8. The third kappa shape index (κ3) is 3.77. The SMILES string of the molecule is Cc1cc(Cl)cc(-c2ccnc3nc(C)n(C)c23)c1OC1CCCNC1.Cl. The minimum Gasteiger partial charge on any atom is -0.488 e. The molecule has 1 aromatic carbocycles. The van der Waals surface area contributed by atoms with Crippen LogP contribution in [0.4, 0.5) is 0 Å². The van der Waals surface area contributed by atoms with E-state index in [2.05, 4.69) is 19.9 Å². The molecule has 5 nitrogen and oxygen atoms in total. The Balaban J connectivity index is 0.00000210. The second kappa shape index (κ2) is 8.05. The number of rotatable bonds is 3. The van der Waals surface area contributed by atoms with Crippen molar-refractivity contribution in [2.45, 2.75) is 32.8 Å². The van der Waals surface area contributed by atoms with Crippen LogP contribution in [0.25, 0.3) is 22.3 Å². The van der Waals surface area contributed by atoms with Crippen molar-refractivity contribution in [1.29, 1.82) is 0 Å². The molecule has 27 heavy (non-hydrogen) atoms. The molecule has 0 spiro atoms. The minimum atomic E-state index is 0. The number of imidazole rings is 1. The average Bonchev–Trinajstić information content (AvgIpc) is 2.92. The van der Waals surface area contributed by atoms with Gasteiger partial charge in [-0.1, -0.05) is 11.6 Å². The van der Waals surface area contributed by atoms with Gasteiger partial charge in [0.25, 0.3) is 0 Å². The Morgan fingerprint density at radius 3 is 2.81 bits per heavy atom. The van der Waals surface area contributed by atoms with Crippen LogP contribution >= 0.6 is 24.0 Å². The first-order chi connectivity index (χ1) is 12.5. The van der Waals surface area contributed by atoms with Gasteiger partial charge in [0.15, 0.2) is 5.65 Å². The quantitative estimate of drug-likeness (QED) is 0.697. The van der Waals surface area contributed by atoms with Gasteiger partial charge in [0.1, 0.15) is 17.7 Å². The largest absolute Gasteiger partial charge is 0.488 e. The first kappa shape index (κ1) is 19.9. The lowest BCUT2D eigenvalue weighted by Gasteiger charge is -2.26. The predicted molar refractivity (Wildman–Crippen MR) is 112 cm³/mol. The molecular formula is C20H24Cl2N4O. The number of aryl methyl sites for hydroxylation is 3. The van der Waals surface area contributed by atoms with Gasteiger partial charge in [0.2, 0.25) is 0 Å². The number of hydrogen-bond acceptors (Lipinski definition) is 4. The van der Waals surface area contributed by atoms with Crippen LogP contribution in [0.1, 0.15) is 24.2 Å². The summed E-state index contributed by atoms with van der Waals surface area (Å²) in [5, 5.41) is 4.12. The van der Waals surface area contributed by atoms with Crippen molar-refractivity contribution in [2.24, 2.45) is 7.05 Å². The van der Waals surface area contributed by atoms with Crippen LogP contribution in [-0.4, -0.2) is 33.7 Å². The maximum Gasteiger partial charge on any atom is 0.178 e. The Morgan fingerprint density at radius 2 is 2.07 bits per heavy atom. The molecule has 144 valence electrons. The van der Waals surface area contributed by atoms with E-state index in [1.54, 1.807) is 6.20 Å². The van der Waals surface area contributed by atoms with E-state index in [0.29, 0.717) is 5.02 Å². The van der Waals surface area contributed by atoms with Gasteiger partial charge in [0.05, 0.1) is 5.52 Å². The summed E-state index contributed by atoms with van der Waals surface area (Å²) in [7, 11) is 2.01. The molecule has 1 aliphatic rings. The number of piperidine rings is 1. The number of pyridine rings is 1. The monoisotopic (exact) mass is 406 g/mol. The molecule has 0 bridgehead atoms. The highest BCUT2D eigenvalue weighted by atomic mass is 35.5. The Morgan fingerprint density at radius 1 is 1.26 bits per heavy atom. The molecule has 1 saturated heterocycles. The maximum absolute atomic E-state index is 6.45. The number of nitrogens with one attached hydrogen (secondary N) is 1. The van der Waals surface area contributed by atoms with Gasteiger partial charge in [-0.3, -0.25) is 0 Å². The highest BCUT2D eigenvalue weighted by molar-refractivity contribution is 6.31. The van der Waals surface area contributed by atoms with Crippen LogP contribution in [0.5, 0.6) is 5.75 Å². The van der Waals surface area contributed by atoms with Crippen molar-refractivity contribution < 1.29 is 4.74 Å². The molecule has 0 aliphatic carbocycles. The summed E-state index contributed by atoms with van der Waals surface area (Å²) in [6, 6.07) is 5.96. The van der Waals surface area contributed by atoms with Crippen molar-refractivity contribution in [2.75, 3.05) is 13.1 Å². The summed E-state index contributed by atoms with van der Waals surface area (Å²) in [6.07, 6.45) is 4.16. The van der Waals surface area contributed by atoms with Crippen molar-refractivity contribution >= 4 is 35.2 Å². The van der Waals surface area contributed by atoms with Gasteiger partial charge >= 0.3 is 0 Å². The predicted octanol–water partition coefficient (Wildman–Crippen LogP) is 4.46. The topological polar surface area (TPSA) is 52.0 Å². The molecule has 1 unspecified atom stereocenters. The van der Waals surface area contributed by atoms with Gasteiger partial charge in [-0.15, -0.1) is 12.4 Å². The molecule has 1 aliphatic heterocycles. The number of halogens is 2. The van der Waals surface area contributed by atoms with Crippen LogP contribution in [0.15, 0.2) is 24.4 Å². The van der Waals surface area contributed by atoms with Crippen LogP contribution in [0.3, 0.4) is 0 Å². The third-order valence-electron chi connectivity index (χ3n) is 5.06. The molecule has 2 aromatic heterocycles. The Hall–Kier alpha value is -1.82. The molecule has 7 heteroatoms. The van der Waals surface area contributed by atoms with E-state index in [4.69, 9.17) is 16.3 Å². The number of ether oxygens (including phenoxy) is 1. The first-order valence-corrected chi connectivity index (χ1v) is 9.38. The summed E-state index contributed by atoms with van der Waals surface area (Å²) in [5.74, 6) is 1.83. The van der Waals surface area contributed by atoms with Crippen LogP contribution in [0.2, 0.25) is 5.02 Å². The minimum absolute atomic E-state index is 0. The zero-order chi connectivity index (χ0) is 18.3. The van der Waals surface area contributed by atoms with E-state index in [-0.39, 0.29) is 18.5 Å². The molecule has 3 aromatic rings. The summed E-state index contributed by atoms with van der Waals surface area (Å²) in [5.41, 5.74) is 4.82. The van der Waals surface area contributed by atoms with E-state index < -0.39 is 0 Å². The average molecular weight is 407 g/mol. The summed E-state index contributed by atoms with van der Waals surface area (Å²) < 4.78 is 8.52. The molecular weight excluding hydrogens is 383 g/mol. The van der Waals surface area contributed by atoms with E-state index in [1.165, 1.54) is 0 Å². The van der Waals surface area contributed by atoms with Gasteiger partial charge in [-0.25, -0.2) is 9.97 Å². The highest BCUT2D eigenvalue weighted by Gasteiger charge is 2.21. The Labute approximate surface area is 170 Å². The molecule has 0 amide bonds. The molecule has 1 N–H and O–H groups in total. The molecule has 0 radical (unpaired) electrons. The van der Waals surface area contributed by atoms with Gasteiger partial charge in [-0.2, -0.15) is 0 Å². The third-order valence-corrected chi connectivity index (χ3v) is 5.28. The van der Waals surface area contributed by atoms with E-state index in [0.717, 1.165) is 65.4 Å². The Bertz CT molecular complexity index is 964. The van der Waals surface area contributed by atoms with Crippen LogP contribution in [0, 0.1) is 13.8 Å². The smallest absolute Gasteiger partial charge is 0.178 e. The van der Waals surface area contributed by atoms with Crippen molar-refractivity contribution in [3.8, 4) is 16.9 Å². The number of benzene rings is 1. The Kier molecular flexibility index (Phi) is 5.94. The lowest BCUT2D eigenvalue weighted by Crippen LogP contribution is -2.37. The number of nitrogens with zero attached hydrogens (tertiary/aromatic N) is 3. The highest BCUT2D eigenvalue weighted by Crippen LogP contribution is 2.39. The number of fused-ring (bicyclic) bond motifs is 1. The normalized spacial score (nSPS) is 17.0. The number of hydrogen-bond donors (Lipinski definition) is 1. The summed E-state index contributed by atoms with van der Waals surface area (Å²) in [6.45, 7) is 5.97.